The van der Waals surface area contributed by atoms with Crippen molar-refractivity contribution < 1.29 is 14.3 Å². The molecule has 1 fully saturated rings. The van der Waals surface area contributed by atoms with Crippen LogP contribution in [0.2, 0.25) is 5.02 Å². The Morgan fingerprint density at radius 2 is 1.79 bits per heavy atom. The fourth-order valence-corrected chi connectivity index (χ4v) is 5.40. The molecule has 0 saturated carbocycles. The Kier molecular flexibility index (Phi) is 8.86. The van der Waals surface area contributed by atoms with Crippen LogP contribution in [0.15, 0.2) is 83.0 Å². The molecule has 2 aliphatic rings. The quantitative estimate of drug-likeness (QED) is 0.281. The van der Waals surface area contributed by atoms with Crippen molar-refractivity contribution in [3.05, 3.63) is 93.6 Å². The Bertz CT molecular complexity index is 1370. The van der Waals surface area contributed by atoms with Gasteiger partial charge in [0.15, 0.2) is 11.5 Å². The number of hydrogen-bond acceptors (Lipinski definition) is 5. The van der Waals surface area contributed by atoms with E-state index in [1.807, 2.05) is 54.6 Å². The molecule has 0 aromatic heterocycles. The van der Waals surface area contributed by atoms with E-state index >= 15 is 0 Å². The minimum absolute atomic E-state index is 0.0761. The van der Waals surface area contributed by atoms with Crippen molar-refractivity contribution in [1.82, 2.24) is 10.2 Å². The van der Waals surface area contributed by atoms with E-state index < -0.39 is 0 Å². The maximum absolute atomic E-state index is 13.3. The first-order chi connectivity index (χ1) is 19.0. The second kappa shape index (κ2) is 12.7. The predicted octanol–water partition coefficient (Wildman–Crippen LogP) is 5.20. The van der Waals surface area contributed by atoms with Crippen molar-refractivity contribution in [2.75, 3.05) is 55.6 Å². The van der Waals surface area contributed by atoms with Crippen LogP contribution in [-0.4, -0.2) is 62.5 Å². The first-order valence-corrected chi connectivity index (χ1v) is 14.2. The maximum Gasteiger partial charge on any atom is 0.294 e. The monoisotopic (exact) mass is 608 g/mol. The van der Waals surface area contributed by atoms with Crippen LogP contribution in [0.25, 0.3) is 6.08 Å². The maximum atomic E-state index is 13.3. The van der Waals surface area contributed by atoms with Gasteiger partial charge in [0.05, 0.1) is 5.69 Å². The van der Waals surface area contributed by atoms with E-state index in [9.17, 15) is 9.59 Å². The molecule has 0 unspecified atom stereocenters. The van der Waals surface area contributed by atoms with Gasteiger partial charge in [-0.15, -0.1) is 0 Å². The van der Waals surface area contributed by atoms with Crippen LogP contribution in [-0.2, 0) is 9.59 Å². The summed E-state index contributed by atoms with van der Waals surface area (Å²) in [4.78, 5) is 32.4. The molecule has 5 rings (SSSR count). The molecular formula is C30H30BrClN4O3. The third-order valence-electron chi connectivity index (χ3n) is 6.80. The molecule has 1 saturated heterocycles. The molecule has 0 bridgehead atoms. The number of carbonyl (C=O) groups excluding carboxylic acids is 2. The van der Waals surface area contributed by atoms with Gasteiger partial charge >= 0.3 is 0 Å². The second-order valence-electron chi connectivity index (χ2n) is 9.54. The summed E-state index contributed by atoms with van der Waals surface area (Å²) in [6, 6.07) is 22.8. The zero-order valence-electron chi connectivity index (χ0n) is 21.5. The molecule has 3 aromatic rings. The van der Waals surface area contributed by atoms with Crippen LogP contribution < -0.4 is 19.9 Å². The van der Waals surface area contributed by atoms with Crippen molar-refractivity contribution in [3.63, 3.8) is 0 Å². The molecule has 202 valence electrons. The Morgan fingerprint density at radius 1 is 1.00 bits per heavy atom. The number of para-hydroxylation sites is 2. The predicted molar refractivity (Wildman–Crippen MR) is 159 cm³/mol. The molecule has 3 aromatic carbocycles. The first kappa shape index (κ1) is 27.2. The topological polar surface area (TPSA) is 65.1 Å². The van der Waals surface area contributed by atoms with E-state index in [4.69, 9.17) is 16.3 Å². The van der Waals surface area contributed by atoms with E-state index in [2.05, 4.69) is 37.1 Å². The van der Waals surface area contributed by atoms with E-state index in [0.29, 0.717) is 18.0 Å². The molecule has 0 aliphatic carbocycles. The zero-order chi connectivity index (χ0) is 27.2. The van der Waals surface area contributed by atoms with Crippen molar-refractivity contribution in [2.24, 2.45) is 0 Å². The van der Waals surface area contributed by atoms with Crippen LogP contribution in [0.1, 0.15) is 12.0 Å². The third kappa shape index (κ3) is 7.01. The van der Waals surface area contributed by atoms with Crippen LogP contribution in [0.4, 0.5) is 11.4 Å². The molecule has 2 aliphatic heterocycles. The summed E-state index contributed by atoms with van der Waals surface area (Å²) in [5.74, 6) is 0.175. The molecule has 7 nitrogen and oxygen atoms in total. The first-order valence-electron chi connectivity index (χ1n) is 13.0. The fourth-order valence-electron chi connectivity index (χ4n) is 4.80. The highest BCUT2D eigenvalue weighted by molar-refractivity contribution is 9.10. The van der Waals surface area contributed by atoms with E-state index in [0.717, 1.165) is 59.9 Å². The Hall–Kier alpha value is -3.33. The van der Waals surface area contributed by atoms with Gasteiger partial charge in [0.25, 0.3) is 5.91 Å². The second-order valence-corrected chi connectivity index (χ2v) is 10.9. The van der Waals surface area contributed by atoms with Gasteiger partial charge in [-0.1, -0.05) is 57.9 Å². The average Bonchev–Trinajstić information content (AvgIpc) is 2.94. The van der Waals surface area contributed by atoms with Gasteiger partial charge in [-0.05, 0) is 67.1 Å². The van der Waals surface area contributed by atoms with Gasteiger partial charge in [0, 0.05) is 47.9 Å². The summed E-state index contributed by atoms with van der Waals surface area (Å²) in [5, 5.41) is 3.74. The van der Waals surface area contributed by atoms with Crippen LogP contribution in [0, 0.1) is 0 Å². The normalized spacial score (nSPS) is 16.7. The number of amides is 2. The number of nitrogens with one attached hydrogen (secondary N) is 1. The molecule has 2 amide bonds. The highest BCUT2D eigenvalue weighted by Gasteiger charge is 2.31. The smallest absolute Gasteiger partial charge is 0.294 e. The molecule has 0 spiro atoms. The van der Waals surface area contributed by atoms with Crippen LogP contribution >= 0.6 is 27.5 Å². The van der Waals surface area contributed by atoms with Crippen LogP contribution in [0.5, 0.6) is 5.75 Å². The summed E-state index contributed by atoms with van der Waals surface area (Å²) in [6.07, 6.45) is 2.53. The Morgan fingerprint density at radius 3 is 2.59 bits per heavy atom. The summed E-state index contributed by atoms with van der Waals surface area (Å²) in [6.45, 7) is 5.20. The number of piperazine rings is 1. The minimum Gasteiger partial charge on any atom is -0.449 e. The Balaban J connectivity index is 1.12. The average molecular weight is 610 g/mol. The molecule has 1 N–H and O–H groups in total. The van der Waals surface area contributed by atoms with Crippen molar-refractivity contribution in [3.8, 4) is 5.75 Å². The molecule has 0 atom stereocenters. The van der Waals surface area contributed by atoms with Gasteiger partial charge in [0.2, 0.25) is 5.91 Å². The zero-order valence-corrected chi connectivity index (χ0v) is 23.8. The third-order valence-corrected chi connectivity index (χ3v) is 7.53. The van der Waals surface area contributed by atoms with Crippen LogP contribution in [0.3, 0.4) is 0 Å². The number of hydrogen-bond donors (Lipinski definition) is 1. The highest BCUT2D eigenvalue weighted by atomic mass is 79.9. The number of rotatable bonds is 8. The number of carbonyl (C=O) groups is 2. The molecular weight excluding hydrogens is 580 g/mol. The van der Waals surface area contributed by atoms with Gasteiger partial charge < -0.3 is 15.0 Å². The number of benzene rings is 3. The number of fused-ring (bicyclic) bond motifs is 1. The lowest BCUT2D eigenvalue weighted by atomic mass is 10.1. The van der Waals surface area contributed by atoms with E-state index in [1.54, 1.807) is 18.2 Å². The van der Waals surface area contributed by atoms with Gasteiger partial charge in [-0.25, -0.2) is 0 Å². The molecule has 2 heterocycles. The lowest BCUT2D eigenvalue weighted by Crippen LogP contribution is -2.47. The van der Waals surface area contributed by atoms with Crippen molar-refractivity contribution in [2.45, 2.75) is 6.42 Å². The van der Waals surface area contributed by atoms with Gasteiger partial charge in [-0.2, -0.15) is 0 Å². The van der Waals surface area contributed by atoms with Gasteiger partial charge in [0.1, 0.15) is 6.54 Å². The largest absolute Gasteiger partial charge is 0.449 e. The number of ether oxygens (including phenoxy) is 1. The molecule has 39 heavy (non-hydrogen) atoms. The molecule has 0 radical (unpaired) electrons. The number of nitrogens with zero attached hydrogens (tertiary/aromatic N) is 3. The SMILES string of the molecule is O=C(CN1C(=O)/C(=C\c2cccc(Br)c2)Oc2ccccc21)NCCCN1CCN(c2cccc(Cl)c2)CC1. The Labute approximate surface area is 242 Å². The van der Waals surface area contributed by atoms with Crippen molar-refractivity contribution >= 4 is 56.8 Å². The van der Waals surface area contributed by atoms with E-state index in [1.165, 1.54) is 4.90 Å². The molecule has 9 heteroatoms. The lowest BCUT2D eigenvalue weighted by molar-refractivity contribution is -0.123. The highest BCUT2D eigenvalue weighted by Crippen LogP contribution is 2.35. The lowest BCUT2D eigenvalue weighted by Gasteiger charge is -2.36. The number of anilines is 2. The van der Waals surface area contributed by atoms with Gasteiger partial charge in [-0.3, -0.25) is 19.4 Å². The summed E-state index contributed by atoms with van der Waals surface area (Å²) >= 11 is 9.59. The fraction of sp³-hybridized carbons (Fsp3) is 0.267. The summed E-state index contributed by atoms with van der Waals surface area (Å²) < 4.78 is 6.82. The van der Waals surface area contributed by atoms with E-state index in [-0.39, 0.29) is 24.1 Å². The van der Waals surface area contributed by atoms with Crippen molar-refractivity contribution in [1.29, 1.82) is 0 Å². The summed E-state index contributed by atoms with van der Waals surface area (Å²) in [7, 11) is 0. The standard InChI is InChI=1S/C30H30BrClN4O3/c31-23-7-3-6-22(18-23)19-28-30(38)36(26-10-1-2-11-27(26)39-28)21-29(37)33-12-5-13-34-14-16-35(17-15-34)25-9-4-8-24(32)20-25/h1-4,6-11,18-20H,5,12-17,21H2,(H,33,37)/b28-19+. The summed E-state index contributed by atoms with van der Waals surface area (Å²) in [5.41, 5.74) is 2.56. The number of halogens is 2. The minimum atomic E-state index is -0.346.